The molecule has 0 aromatic rings. The van der Waals surface area contributed by atoms with Gasteiger partial charge in [-0.15, -0.1) is 0 Å². The number of rotatable bonds is 3. The Morgan fingerprint density at radius 3 is 2.53 bits per heavy atom. The molecule has 0 bridgehead atoms. The summed E-state index contributed by atoms with van der Waals surface area (Å²) in [7, 11) is 0. The Labute approximate surface area is 89.2 Å². The van der Waals surface area contributed by atoms with E-state index in [0.717, 1.165) is 12.8 Å². The molecule has 0 radical (unpaired) electrons. The zero-order valence-electron chi connectivity index (χ0n) is 8.98. The second kappa shape index (κ2) is 3.81. The predicted octanol–water partition coefficient (Wildman–Crippen LogP) is -0.833. The molecule has 2 amide bonds. The molecule has 84 valence electrons. The second-order valence-electron chi connectivity index (χ2n) is 4.50. The van der Waals surface area contributed by atoms with E-state index in [1.165, 1.54) is 0 Å². The summed E-state index contributed by atoms with van der Waals surface area (Å²) in [5.74, 6) is 0.0940. The van der Waals surface area contributed by atoms with Crippen molar-refractivity contribution in [2.24, 2.45) is 5.73 Å². The molecule has 1 heterocycles. The molecule has 15 heavy (non-hydrogen) atoms. The average Bonchev–Trinajstić information content (AvgIpc) is 2.93. The van der Waals surface area contributed by atoms with Crippen molar-refractivity contribution in [3.63, 3.8) is 0 Å². The zero-order valence-corrected chi connectivity index (χ0v) is 8.98. The van der Waals surface area contributed by atoms with Gasteiger partial charge in [0.05, 0.1) is 6.54 Å². The van der Waals surface area contributed by atoms with E-state index >= 15 is 0 Å². The molecule has 2 fully saturated rings. The first-order chi connectivity index (χ1) is 7.08. The van der Waals surface area contributed by atoms with Crippen LogP contribution in [0.1, 0.15) is 19.8 Å². The molecule has 1 saturated heterocycles. The van der Waals surface area contributed by atoms with E-state index in [1.807, 2.05) is 6.92 Å². The molecule has 0 aromatic heterocycles. The van der Waals surface area contributed by atoms with Crippen LogP contribution in [0.25, 0.3) is 0 Å². The third-order valence-corrected chi connectivity index (χ3v) is 2.80. The minimum absolute atomic E-state index is 0.0267. The van der Waals surface area contributed by atoms with Crippen molar-refractivity contribution in [1.29, 1.82) is 0 Å². The van der Waals surface area contributed by atoms with Crippen LogP contribution in [0.3, 0.4) is 0 Å². The largest absolute Gasteiger partial charge is 0.330 e. The standard InChI is InChI=1S/C10H17N3O2/c1-7(11)4-12-5-10(15)13(6-9(12)14)8-2-3-8/h7-8H,2-6,11H2,1H3. The maximum Gasteiger partial charge on any atom is 0.242 e. The van der Waals surface area contributed by atoms with Crippen LogP contribution in [-0.4, -0.2) is 53.3 Å². The lowest BCUT2D eigenvalue weighted by molar-refractivity contribution is -0.150. The van der Waals surface area contributed by atoms with Crippen molar-refractivity contribution >= 4 is 11.8 Å². The lowest BCUT2D eigenvalue weighted by Crippen LogP contribution is -2.56. The van der Waals surface area contributed by atoms with Crippen LogP contribution in [0.15, 0.2) is 0 Å². The van der Waals surface area contributed by atoms with Gasteiger partial charge in [-0.05, 0) is 19.8 Å². The summed E-state index contributed by atoms with van der Waals surface area (Å²) in [4.78, 5) is 26.7. The molecule has 2 rings (SSSR count). The topological polar surface area (TPSA) is 66.6 Å². The molecule has 5 heteroatoms. The van der Waals surface area contributed by atoms with E-state index < -0.39 is 0 Å². The highest BCUT2D eigenvalue weighted by molar-refractivity contribution is 5.92. The van der Waals surface area contributed by atoms with Gasteiger partial charge in [0.1, 0.15) is 6.54 Å². The van der Waals surface area contributed by atoms with E-state index in [1.54, 1.807) is 9.80 Å². The van der Waals surface area contributed by atoms with Crippen molar-refractivity contribution in [3.8, 4) is 0 Å². The summed E-state index contributed by atoms with van der Waals surface area (Å²) >= 11 is 0. The number of carbonyl (C=O) groups is 2. The SMILES string of the molecule is CC(N)CN1CC(=O)N(C2CC2)CC1=O. The Kier molecular flexibility index (Phi) is 2.65. The zero-order chi connectivity index (χ0) is 11.0. The normalized spacial score (nSPS) is 24.7. The number of nitrogens with two attached hydrogens (primary N) is 1. The van der Waals surface area contributed by atoms with Crippen LogP contribution >= 0.6 is 0 Å². The summed E-state index contributed by atoms with van der Waals surface area (Å²) < 4.78 is 0. The fraction of sp³-hybridized carbons (Fsp3) is 0.800. The van der Waals surface area contributed by atoms with Gasteiger partial charge >= 0.3 is 0 Å². The van der Waals surface area contributed by atoms with Gasteiger partial charge in [0, 0.05) is 18.6 Å². The number of piperazine rings is 1. The monoisotopic (exact) mass is 211 g/mol. The number of nitrogens with zero attached hydrogens (tertiary/aromatic N) is 2. The molecule has 0 aromatic carbocycles. The third kappa shape index (κ3) is 2.28. The molecule has 1 saturated carbocycles. The van der Waals surface area contributed by atoms with Crippen LogP contribution in [0.5, 0.6) is 0 Å². The molecular formula is C10H17N3O2. The van der Waals surface area contributed by atoms with E-state index in [0.29, 0.717) is 12.6 Å². The van der Waals surface area contributed by atoms with Gasteiger partial charge in [-0.25, -0.2) is 0 Å². The molecule has 1 aliphatic heterocycles. The minimum atomic E-state index is -0.0748. The van der Waals surface area contributed by atoms with Crippen molar-refractivity contribution in [3.05, 3.63) is 0 Å². The average molecular weight is 211 g/mol. The molecule has 1 unspecified atom stereocenters. The van der Waals surface area contributed by atoms with E-state index in [9.17, 15) is 9.59 Å². The maximum absolute atomic E-state index is 11.7. The van der Waals surface area contributed by atoms with Crippen molar-refractivity contribution in [2.45, 2.75) is 31.8 Å². The predicted molar refractivity (Wildman–Crippen MR) is 55.0 cm³/mol. The van der Waals surface area contributed by atoms with Gasteiger partial charge in [-0.2, -0.15) is 0 Å². The van der Waals surface area contributed by atoms with E-state index in [-0.39, 0.29) is 30.9 Å². The van der Waals surface area contributed by atoms with Gasteiger partial charge in [-0.3, -0.25) is 9.59 Å². The summed E-state index contributed by atoms with van der Waals surface area (Å²) in [6.45, 7) is 2.77. The fourth-order valence-corrected chi connectivity index (χ4v) is 1.91. The molecule has 2 N–H and O–H groups in total. The molecular weight excluding hydrogens is 194 g/mol. The van der Waals surface area contributed by atoms with Crippen LogP contribution in [0, 0.1) is 0 Å². The first-order valence-electron chi connectivity index (χ1n) is 5.40. The van der Waals surface area contributed by atoms with E-state index in [2.05, 4.69) is 0 Å². The highest BCUT2D eigenvalue weighted by Gasteiger charge is 2.38. The van der Waals surface area contributed by atoms with Gasteiger partial charge in [0.2, 0.25) is 11.8 Å². The lowest BCUT2D eigenvalue weighted by atomic mass is 10.2. The van der Waals surface area contributed by atoms with Crippen LogP contribution in [0.4, 0.5) is 0 Å². The number of amides is 2. The minimum Gasteiger partial charge on any atom is -0.330 e. The van der Waals surface area contributed by atoms with Crippen molar-refractivity contribution < 1.29 is 9.59 Å². The molecule has 0 spiro atoms. The van der Waals surface area contributed by atoms with Crippen LogP contribution < -0.4 is 5.73 Å². The lowest BCUT2D eigenvalue weighted by Gasteiger charge is -2.34. The highest BCUT2D eigenvalue weighted by atomic mass is 16.2. The fourth-order valence-electron chi connectivity index (χ4n) is 1.91. The van der Waals surface area contributed by atoms with Crippen molar-refractivity contribution in [1.82, 2.24) is 9.80 Å². The summed E-state index contributed by atoms with van der Waals surface area (Å²) in [5, 5.41) is 0. The number of hydrogen-bond acceptors (Lipinski definition) is 3. The Balaban J connectivity index is 1.96. The highest BCUT2D eigenvalue weighted by Crippen LogP contribution is 2.28. The Morgan fingerprint density at radius 2 is 2.00 bits per heavy atom. The number of carbonyl (C=O) groups excluding carboxylic acids is 2. The third-order valence-electron chi connectivity index (χ3n) is 2.80. The van der Waals surface area contributed by atoms with Crippen LogP contribution in [-0.2, 0) is 9.59 Å². The number of hydrogen-bond donors (Lipinski definition) is 1. The first-order valence-corrected chi connectivity index (χ1v) is 5.40. The van der Waals surface area contributed by atoms with Crippen molar-refractivity contribution in [2.75, 3.05) is 19.6 Å². The van der Waals surface area contributed by atoms with Gasteiger partial charge < -0.3 is 15.5 Å². The van der Waals surface area contributed by atoms with Gasteiger partial charge in [-0.1, -0.05) is 0 Å². The Hall–Kier alpha value is -1.10. The first kappa shape index (κ1) is 10.4. The smallest absolute Gasteiger partial charge is 0.242 e. The van der Waals surface area contributed by atoms with Gasteiger partial charge in [0.25, 0.3) is 0 Å². The van der Waals surface area contributed by atoms with Crippen LogP contribution in [0.2, 0.25) is 0 Å². The summed E-state index contributed by atoms with van der Waals surface area (Å²) in [5.41, 5.74) is 5.62. The molecule has 5 nitrogen and oxygen atoms in total. The Morgan fingerprint density at radius 1 is 1.33 bits per heavy atom. The second-order valence-corrected chi connectivity index (χ2v) is 4.50. The summed E-state index contributed by atoms with van der Waals surface area (Å²) in [6.07, 6.45) is 2.10. The quantitative estimate of drug-likeness (QED) is 0.662. The molecule has 1 aliphatic carbocycles. The molecule has 2 aliphatic rings. The van der Waals surface area contributed by atoms with E-state index in [4.69, 9.17) is 5.73 Å². The molecule has 1 atom stereocenters. The Bertz CT molecular complexity index is 286. The maximum atomic E-state index is 11.7. The van der Waals surface area contributed by atoms with Gasteiger partial charge in [0.15, 0.2) is 0 Å². The summed E-state index contributed by atoms with van der Waals surface area (Å²) in [6, 6.07) is 0.258.